The van der Waals surface area contributed by atoms with Gasteiger partial charge >= 0.3 is 5.97 Å². The minimum absolute atomic E-state index is 0.139. The normalized spacial score (nSPS) is 9.75. The molecule has 0 amide bonds. The molecule has 1 rings (SSSR count). The molecule has 0 saturated heterocycles. The van der Waals surface area contributed by atoms with Crippen molar-refractivity contribution in [2.24, 2.45) is 7.05 Å². The molecule has 1 heterocycles. The lowest BCUT2D eigenvalue weighted by Gasteiger charge is -2.00. The lowest BCUT2D eigenvalue weighted by atomic mass is 10.3. The fraction of sp³-hybridized carbons (Fsp3) is 0.286. The Bertz CT molecular complexity index is 356. The summed E-state index contributed by atoms with van der Waals surface area (Å²) in [7, 11) is 1.68. The molecule has 12 heavy (non-hydrogen) atoms. The smallest absolute Gasteiger partial charge is 0.309 e. The van der Waals surface area contributed by atoms with E-state index in [9.17, 15) is 4.79 Å². The molecule has 1 aromatic heterocycles. The summed E-state index contributed by atoms with van der Waals surface area (Å²) in [4.78, 5) is 14.1. The van der Waals surface area contributed by atoms with E-state index < -0.39 is 5.97 Å². The SMILES string of the molecule is Cn1ccnc(CC(=O)O)c1=N. The van der Waals surface area contributed by atoms with Crippen molar-refractivity contribution >= 4 is 5.97 Å². The predicted molar refractivity (Wildman–Crippen MR) is 40.4 cm³/mol. The fourth-order valence-corrected chi connectivity index (χ4v) is 0.835. The summed E-state index contributed by atoms with van der Waals surface area (Å²) in [5, 5.41) is 15.9. The van der Waals surface area contributed by atoms with E-state index in [1.165, 1.54) is 10.8 Å². The van der Waals surface area contributed by atoms with E-state index in [-0.39, 0.29) is 17.6 Å². The molecule has 0 radical (unpaired) electrons. The Labute approximate surface area is 68.8 Å². The molecule has 0 saturated carbocycles. The molecule has 0 aliphatic rings. The highest BCUT2D eigenvalue weighted by atomic mass is 16.4. The third-order valence-corrected chi connectivity index (χ3v) is 1.47. The van der Waals surface area contributed by atoms with Crippen LogP contribution in [0.25, 0.3) is 0 Å². The molecule has 0 unspecified atom stereocenters. The van der Waals surface area contributed by atoms with Crippen LogP contribution in [0.4, 0.5) is 0 Å². The van der Waals surface area contributed by atoms with Crippen LogP contribution in [-0.4, -0.2) is 20.6 Å². The van der Waals surface area contributed by atoms with Crippen molar-refractivity contribution in [1.82, 2.24) is 9.55 Å². The Balaban J connectivity index is 3.09. The van der Waals surface area contributed by atoms with Gasteiger partial charge in [0.25, 0.3) is 0 Å². The summed E-state index contributed by atoms with van der Waals surface area (Å²) in [5.74, 6) is -0.970. The second-order valence-corrected chi connectivity index (χ2v) is 2.40. The number of nitrogens with zero attached hydrogens (tertiary/aromatic N) is 2. The number of hydrogen-bond acceptors (Lipinski definition) is 3. The first-order valence-electron chi connectivity index (χ1n) is 3.38. The highest BCUT2D eigenvalue weighted by Crippen LogP contribution is 1.86. The molecule has 1 aromatic rings. The van der Waals surface area contributed by atoms with Crippen molar-refractivity contribution in [2.75, 3.05) is 0 Å². The maximum atomic E-state index is 10.3. The van der Waals surface area contributed by atoms with E-state index >= 15 is 0 Å². The number of rotatable bonds is 2. The number of aliphatic carboxylic acids is 1. The first kappa shape index (κ1) is 8.45. The van der Waals surface area contributed by atoms with Gasteiger partial charge < -0.3 is 9.67 Å². The maximum absolute atomic E-state index is 10.3. The summed E-state index contributed by atoms with van der Waals surface area (Å²) in [6, 6.07) is 0. The van der Waals surface area contributed by atoms with Crippen molar-refractivity contribution in [3.05, 3.63) is 23.6 Å². The van der Waals surface area contributed by atoms with Gasteiger partial charge in [-0.1, -0.05) is 0 Å². The van der Waals surface area contributed by atoms with Crippen LogP contribution in [0.1, 0.15) is 5.69 Å². The van der Waals surface area contributed by atoms with Gasteiger partial charge in [0, 0.05) is 19.4 Å². The Hall–Kier alpha value is -1.65. The van der Waals surface area contributed by atoms with Gasteiger partial charge in [0.05, 0.1) is 12.1 Å². The quantitative estimate of drug-likeness (QED) is 0.624. The fourth-order valence-electron chi connectivity index (χ4n) is 0.835. The maximum Gasteiger partial charge on any atom is 0.309 e. The van der Waals surface area contributed by atoms with Gasteiger partial charge in [-0.15, -0.1) is 0 Å². The molecule has 0 aliphatic carbocycles. The summed E-state index contributed by atoms with van der Waals surface area (Å²) < 4.78 is 1.52. The van der Waals surface area contributed by atoms with Crippen molar-refractivity contribution in [2.45, 2.75) is 6.42 Å². The van der Waals surface area contributed by atoms with Crippen LogP contribution in [0.2, 0.25) is 0 Å². The Morgan fingerprint density at radius 2 is 2.50 bits per heavy atom. The molecule has 0 aliphatic heterocycles. The van der Waals surface area contributed by atoms with Crippen LogP contribution in [0, 0.1) is 5.41 Å². The van der Waals surface area contributed by atoms with E-state index in [0.29, 0.717) is 0 Å². The van der Waals surface area contributed by atoms with E-state index in [4.69, 9.17) is 10.5 Å². The van der Waals surface area contributed by atoms with Gasteiger partial charge in [-0.3, -0.25) is 15.2 Å². The van der Waals surface area contributed by atoms with Gasteiger partial charge in [0.1, 0.15) is 5.49 Å². The van der Waals surface area contributed by atoms with Crippen LogP contribution < -0.4 is 5.49 Å². The van der Waals surface area contributed by atoms with Gasteiger partial charge in [-0.05, 0) is 0 Å². The monoisotopic (exact) mass is 167 g/mol. The number of carboxylic acids is 1. The second kappa shape index (κ2) is 3.17. The molecule has 0 atom stereocenters. The predicted octanol–water partition coefficient (Wildman–Crippen LogP) is -0.473. The average Bonchev–Trinajstić information content (AvgIpc) is 1.98. The number of carboxylic acid groups (broad SMARTS) is 1. The number of carbonyl (C=O) groups is 1. The molecule has 5 heteroatoms. The molecule has 0 spiro atoms. The number of aromatic nitrogens is 2. The van der Waals surface area contributed by atoms with Crippen molar-refractivity contribution in [1.29, 1.82) is 5.41 Å². The zero-order valence-electron chi connectivity index (χ0n) is 6.61. The zero-order valence-corrected chi connectivity index (χ0v) is 6.61. The molecule has 64 valence electrons. The van der Waals surface area contributed by atoms with Gasteiger partial charge in [0.2, 0.25) is 0 Å². The minimum Gasteiger partial charge on any atom is -0.481 e. The van der Waals surface area contributed by atoms with Crippen LogP contribution in [0.3, 0.4) is 0 Å². The Morgan fingerprint density at radius 1 is 1.83 bits per heavy atom. The molecule has 0 aromatic carbocycles. The summed E-state index contributed by atoms with van der Waals surface area (Å²) >= 11 is 0. The van der Waals surface area contributed by atoms with Crippen molar-refractivity contribution in [3.8, 4) is 0 Å². The molecular weight excluding hydrogens is 158 g/mol. The van der Waals surface area contributed by atoms with E-state index in [0.717, 1.165) is 0 Å². The second-order valence-electron chi connectivity index (χ2n) is 2.40. The Kier molecular flexibility index (Phi) is 2.23. The number of aryl methyl sites for hydroxylation is 1. The first-order valence-corrected chi connectivity index (χ1v) is 3.38. The molecular formula is C7H9N3O2. The summed E-state index contributed by atoms with van der Waals surface area (Å²) in [6.45, 7) is 0. The zero-order chi connectivity index (χ0) is 9.14. The van der Waals surface area contributed by atoms with E-state index in [1.54, 1.807) is 13.2 Å². The largest absolute Gasteiger partial charge is 0.481 e. The molecule has 2 N–H and O–H groups in total. The third-order valence-electron chi connectivity index (χ3n) is 1.47. The molecule has 0 bridgehead atoms. The summed E-state index contributed by atoms with van der Waals surface area (Å²) in [5.41, 5.74) is 0.424. The van der Waals surface area contributed by atoms with Crippen LogP contribution >= 0.6 is 0 Å². The van der Waals surface area contributed by atoms with Crippen molar-refractivity contribution < 1.29 is 9.90 Å². The minimum atomic E-state index is -0.970. The molecule has 0 fully saturated rings. The van der Waals surface area contributed by atoms with Gasteiger partial charge in [-0.2, -0.15) is 0 Å². The van der Waals surface area contributed by atoms with Crippen LogP contribution in [-0.2, 0) is 18.3 Å². The van der Waals surface area contributed by atoms with Crippen molar-refractivity contribution in [3.63, 3.8) is 0 Å². The number of nitrogens with one attached hydrogen (secondary N) is 1. The van der Waals surface area contributed by atoms with Gasteiger partial charge in [-0.25, -0.2) is 0 Å². The number of hydrogen-bond donors (Lipinski definition) is 2. The topological polar surface area (TPSA) is 79.0 Å². The van der Waals surface area contributed by atoms with Crippen LogP contribution in [0.15, 0.2) is 12.4 Å². The highest BCUT2D eigenvalue weighted by molar-refractivity contribution is 5.69. The highest BCUT2D eigenvalue weighted by Gasteiger charge is 2.04. The lowest BCUT2D eigenvalue weighted by Crippen LogP contribution is -2.24. The van der Waals surface area contributed by atoms with Crippen LogP contribution in [0.5, 0.6) is 0 Å². The van der Waals surface area contributed by atoms with E-state index in [1.807, 2.05) is 0 Å². The first-order chi connectivity index (χ1) is 5.61. The standard InChI is InChI=1S/C7H9N3O2/c1-10-3-2-9-5(7(10)8)4-6(11)12/h2-3,8H,4H2,1H3,(H,11,12). The summed E-state index contributed by atoms with van der Waals surface area (Å²) in [6.07, 6.45) is 2.89. The third kappa shape index (κ3) is 1.69. The van der Waals surface area contributed by atoms with Gasteiger partial charge in [0.15, 0.2) is 0 Å². The average molecular weight is 167 g/mol. The lowest BCUT2D eigenvalue weighted by molar-refractivity contribution is -0.136. The Morgan fingerprint density at radius 3 is 3.08 bits per heavy atom. The molecule has 5 nitrogen and oxygen atoms in total. The van der Waals surface area contributed by atoms with E-state index in [2.05, 4.69) is 4.98 Å².